The minimum Gasteiger partial charge on any atom is -0.666 e. The molecule has 0 aromatic heterocycles. The standard InChI is InChI=1S/C5H10N.C5H9N.C4H8N2.C4H8NO.4V.2W/c2*1-2-4-6-5-3-1;1-2-6-4-3-5-1;1-3-6-4-2-5-1;;;;;;/h1-5H2;1H,2-5H2;2*1-4H2;;;;;;/q-1;2*-2;-1;;;;;;. The topological polar surface area (TPSA) is 79.7 Å². The number of ether oxygens (including phenoxy) is 1. The Labute approximate surface area is 262 Å². The normalized spacial score (nSPS) is 19.2. The average Bonchev–Trinajstić information content (AvgIpc) is 2.75. The summed E-state index contributed by atoms with van der Waals surface area (Å²) in [6, 6.07) is 0. The van der Waals surface area contributed by atoms with Gasteiger partial charge in [-0.15, -0.1) is 26.2 Å². The maximum absolute atomic E-state index is 4.98. The number of nitrogens with zero attached hydrogens (tertiary/aromatic N) is 5. The Hall–Kier alpha value is 3.47. The second-order valence-electron chi connectivity index (χ2n) is 5.89. The van der Waals surface area contributed by atoms with E-state index in [1.165, 1.54) is 32.1 Å². The minimum absolute atomic E-state index is 0. The quantitative estimate of drug-likeness (QED) is 0.339. The zero-order valence-corrected chi connectivity index (χ0v) is 29.3. The fourth-order valence-corrected chi connectivity index (χ4v) is 2.34. The molecule has 0 atom stereocenters. The third-order valence-electron chi connectivity index (χ3n) is 3.74. The maximum Gasteiger partial charge on any atom is 0.0277 e. The summed E-state index contributed by atoms with van der Waals surface area (Å²) < 4.78 is 4.98. The molecule has 0 aliphatic carbocycles. The van der Waals surface area contributed by atoms with Gasteiger partial charge in [0.1, 0.15) is 0 Å². The van der Waals surface area contributed by atoms with Crippen molar-refractivity contribution >= 4 is 0 Å². The SMILES string of the molecule is C1CC[N-]CC1.C1COCC[N-]1.C1C[N-]CC[N-]1.[CH-]1CC[N-]CC1.[V].[V].[V].[V].[W].[W]. The van der Waals surface area contributed by atoms with Crippen molar-refractivity contribution in [3.05, 3.63) is 33.0 Å². The van der Waals surface area contributed by atoms with Gasteiger partial charge >= 0.3 is 0 Å². The molecule has 0 spiro atoms. The molecule has 4 fully saturated rings. The predicted molar refractivity (Wildman–Crippen MR) is 104 cm³/mol. The van der Waals surface area contributed by atoms with Gasteiger partial charge in [0.2, 0.25) is 0 Å². The first kappa shape index (κ1) is 46.8. The van der Waals surface area contributed by atoms with Gasteiger partial charge in [0, 0.05) is 130 Å². The Kier molecular flexibility index (Phi) is 66.4. The molecule has 4 aliphatic rings. The van der Waals surface area contributed by atoms with Gasteiger partial charge < -0.3 is 37.7 Å². The molecule has 0 saturated carbocycles. The molecule has 4 heterocycles. The van der Waals surface area contributed by atoms with Crippen molar-refractivity contribution in [3.8, 4) is 0 Å². The molecule has 4 aliphatic heterocycles. The van der Waals surface area contributed by atoms with Crippen LogP contribution in [0.3, 0.4) is 0 Å². The Bertz CT molecular complexity index is 161. The van der Waals surface area contributed by atoms with Crippen molar-refractivity contribution in [2.45, 2.75) is 32.1 Å². The van der Waals surface area contributed by atoms with Crippen molar-refractivity contribution in [2.24, 2.45) is 0 Å². The first-order valence-corrected chi connectivity index (χ1v) is 9.56. The van der Waals surface area contributed by atoms with E-state index in [-0.39, 0.29) is 116 Å². The Morgan fingerprint density at radius 2 is 0.800 bits per heavy atom. The van der Waals surface area contributed by atoms with Crippen LogP contribution in [0.4, 0.5) is 0 Å². The van der Waals surface area contributed by atoms with Crippen molar-refractivity contribution in [1.82, 2.24) is 0 Å². The zero-order valence-electron chi connectivity index (χ0n) is 17.8. The van der Waals surface area contributed by atoms with Gasteiger partial charge in [-0.2, -0.15) is 52.1 Å². The largest absolute Gasteiger partial charge is 0.666 e. The van der Waals surface area contributed by atoms with Gasteiger partial charge in [-0.3, -0.25) is 0 Å². The van der Waals surface area contributed by atoms with Crippen LogP contribution in [0.2, 0.25) is 0 Å². The van der Waals surface area contributed by atoms with E-state index in [1.807, 2.05) is 0 Å². The van der Waals surface area contributed by atoms with E-state index in [0.29, 0.717) is 0 Å². The summed E-state index contributed by atoms with van der Waals surface area (Å²) >= 11 is 0. The van der Waals surface area contributed by atoms with Crippen LogP contribution in [0, 0.1) is 6.42 Å². The zero-order chi connectivity index (χ0) is 17.0. The van der Waals surface area contributed by atoms with Crippen molar-refractivity contribution in [3.63, 3.8) is 0 Å². The molecule has 0 bridgehead atoms. The van der Waals surface area contributed by atoms with Crippen molar-refractivity contribution in [2.75, 3.05) is 78.7 Å². The molecule has 0 aromatic rings. The van der Waals surface area contributed by atoms with Gasteiger partial charge in [-0.05, 0) is 0 Å². The summed E-state index contributed by atoms with van der Waals surface area (Å²) in [4.78, 5) is 0. The summed E-state index contributed by atoms with van der Waals surface area (Å²) in [5.41, 5.74) is 0. The molecule has 0 aromatic carbocycles. The van der Waals surface area contributed by atoms with E-state index in [2.05, 4.69) is 33.0 Å². The van der Waals surface area contributed by atoms with Crippen LogP contribution >= 0.6 is 0 Å². The molecule has 30 heavy (non-hydrogen) atoms. The van der Waals surface area contributed by atoms with Gasteiger partial charge in [0.15, 0.2) is 0 Å². The van der Waals surface area contributed by atoms with Crippen LogP contribution in [0.5, 0.6) is 0 Å². The summed E-state index contributed by atoms with van der Waals surface area (Å²) in [7, 11) is 0. The first-order chi connectivity index (χ1) is 12.0. The molecular formula is C18H35N5OV4W2-6. The maximum atomic E-state index is 4.98. The molecular weight excluding hydrogens is 874 g/mol. The number of morpholine rings is 1. The van der Waals surface area contributed by atoms with E-state index in [9.17, 15) is 0 Å². The summed E-state index contributed by atoms with van der Waals surface area (Å²) in [5, 5.41) is 20.5. The summed E-state index contributed by atoms with van der Waals surface area (Å²) in [5.74, 6) is 0. The number of rotatable bonds is 0. The monoisotopic (exact) mass is 909 g/mol. The number of hydrogen-bond acceptors (Lipinski definition) is 1. The minimum atomic E-state index is 0. The van der Waals surface area contributed by atoms with Crippen LogP contribution in [-0.2, 0) is 121 Å². The molecule has 4 radical (unpaired) electrons. The second-order valence-corrected chi connectivity index (χ2v) is 5.89. The second kappa shape index (κ2) is 42.6. The first-order valence-electron chi connectivity index (χ1n) is 9.56. The van der Waals surface area contributed by atoms with E-state index in [1.54, 1.807) is 0 Å². The van der Waals surface area contributed by atoms with Crippen molar-refractivity contribution < 1.29 is 121 Å². The van der Waals surface area contributed by atoms with Crippen LogP contribution in [0.1, 0.15) is 32.1 Å². The van der Waals surface area contributed by atoms with Crippen LogP contribution in [0.25, 0.3) is 26.6 Å². The summed E-state index contributed by atoms with van der Waals surface area (Å²) in [6.45, 7) is 11.7. The molecule has 12 heteroatoms. The van der Waals surface area contributed by atoms with Crippen molar-refractivity contribution in [1.29, 1.82) is 0 Å². The molecule has 0 N–H and O–H groups in total. The predicted octanol–water partition coefficient (Wildman–Crippen LogP) is 4.02. The summed E-state index contributed by atoms with van der Waals surface area (Å²) in [6.07, 6.45) is 8.79. The van der Waals surface area contributed by atoms with E-state index in [0.717, 1.165) is 78.7 Å². The average molecular weight is 909 g/mol. The molecule has 6 nitrogen and oxygen atoms in total. The third-order valence-corrected chi connectivity index (χ3v) is 3.74. The molecule has 4 saturated heterocycles. The van der Waals surface area contributed by atoms with Crippen LogP contribution in [0.15, 0.2) is 0 Å². The smallest absolute Gasteiger partial charge is 0.0277 e. The van der Waals surface area contributed by atoms with Gasteiger partial charge in [-0.1, -0.05) is 19.3 Å². The Morgan fingerprint density at radius 1 is 0.433 bits per heavy atom. The Balaban J connectivity index is -0.0000000600. The van der Waals surface area contributed by atoms with Gasteiger partial charge in [-0.25, -0.2) is 0 Å². The molecule has 0 unspecified atom stereocenters. The molecule has 0 amide bonds. The fraction of sp³-hybridized carbons (Fsp3) is 0.944. The molecule has 4 rings (SSSR count). The van der Waals surface area contributed by atoms with Gasteiger partial charge in [0.05, 0.1) is 0 Å². The fourth-order valence-electron chi connectivity index (χ4n) is 2.34. The molecule has 176 valence electrons. The van der Waals surface area contributed by atoms with E-state index >= 15 is 0 Å². The van der Waals surface area contributed by atoms with E-state index in [4.69, 9.17) is 4.74 Å². The van der Waals surface area contributed by atoms with Crippen LogP contribution in [-0.4, -0.2) is 78.7 Å². The third kappa shape index (κ3) is 38.7. The number of hydrogen-bond donors (Lipinski definition) is 0. The number of piperidine rings is 2. The number of piperazine rings is 1. The van der Waals surface area contributed by atoms with Gasteiger partial charge in [0.25, 0.3) is 0 Å². The van der Waals surface area contributed by atoms with Crippen LogP contribution < -0.4 is 0 Å². The van der Waals surface area contributed by atoms with E-state index < -0.39 is 0 Å². The Morgan fingerprint density at radius 3 is 0.933 bits per heavy atom.